The van der Waals surface area contributed by atoms with Crippen LogP contribution in [0.4, 0.5) is 4.39 Å². The smallest absolute Gasteiger partial charge is 0.236 e. The molecule has 6 heteroatoms. The minimum Gasteiger partial charge on any atom is -0.340 e. The summed E-state index contributed by atoms with van der Waals surface area (Å²) >= 11 is 0. The van der Waals surface area contributed by atoms with E-state index in [1.165, 1.54) is 6.07 Å². The van der Waals surface area contributed by atoms with Gasteiger partial charge >= 0.3 is 0 Å². The van der Waals surface area contributed by atoms with Crippen LogP contribution in [0.15, 0.2) is 24.3 Å². The van der Waals surface area contributed by atoms with Crippen molar-refractivity contribution in [1.29, 1.82) is 0 Å². The van der Waals surface area contributed by atoms with Gasteiger partial charge in [-0.3, -0.25) is 9.69 Å². The fraction of sp³-hybridized carbons (Fsp3) is 0.562. The SMILES string of the molecule is CN(Cc1ccccc1F)C(=O)CN(C)C1CCNCC1.Cl. The van der Waals surface area contributed by atoms with E-state index in [0.717, 1.165) is 25.9 Å². The Bertz CT molecular complexity index is 480. The summed E-state index contributed by atoms with van der Waals surface area (Å²) in [4.78, 5) is 16.0. The van der Waals surface area contributed by atoms with Crippen LogP contribution in [-0.4, -0.2) is 55.5 Å². The van der Waals surface area contributed by atoms with Gasteiger partial charge in [0.1, 0.15) is 5.82 Å². The number of hydrogen-bond donors (Lipinski definition) is 1. The average molecular weight is 330 g/mol. The quantitative estimate of drug-likeness (QED) is 0.896. The highest BCUT2D eigenvalue weighted by molar-refractivity contribution is 5.85. The zero-order valence-corrected chi connectivity index (χ0v) is 14.0. The maximum absolute atomic E-state index is 13.6. The monoisotopic (exact) mass is 329 g/mol. The summed E-state index contributed by atoms with van der Waals surface area (Å²) in [6, 6.07) is 7.05. The fourth-order valence-electron chi connectivity index (χ4n) is 2.68. The van der Waals surface area contributed by atoms with Gasteiger partial charge in [0.2, 0.25) is 5.91 Å². The molecule has 1 saturated heterocycles. The molecule has 124 valence electrons. The third-order valence-corrected chi connectivity index (χ3v) is 4.11. The minimum absolute atomic E-state index is 0. The van der Waals surface area contributed by atoms with Crippen LogP contribution in [0.3, 0.4) is 0 Å². The first-order valence-corrected chi connectivity index (χ1v) is 7.46. The van der Waals surface area contributed by atoms with Gasteiger partial charge in [-0.25, -0.2) is 4.39 Å². The van der Waals surface area contributed by atoms with E-state index in [9.17, 15) is 9.18 Å². The highest BCUT2D eigenvalue weighted by atomic mass is 35.5. The molecule has 1 aliphatic rings. The molecular formula is C16H25ClFN3O. The maximum Gasteiger partial charge on any atom is 0.236 e. The van der Waals surface area contributed by atoms with Crippen molar-refractivity contribution >= 4 is 18.3 Å². The number of nitrogens with zero attached hydrogens (tertiary/aromatic N) is 2. The number of halogens is 2. The number of piperidine rings is 1. The van der Waals surface area contributed by atoms with Gasteiger partial charge in [-0.2, -0.15) is 0 Å². The molecule has 1 fully saturated rings. The van der Waals surface area contributed by atoms with Crippen LogP contribution in [0.5, 0.6) is 0 Å². The molecule has 1 N–H and O–H groups in total. The predicted molar refractivity (Wildman–Crippen MR) is 88.6 cm³/mol. The summed E-state index contributed by atoms with van der Waals surface area (Å²) in [5, 5.41) is 3.32. The lowest BCUT2D eigenvalue weighted by atomic mass is 10.1. The van der Waals surface area contributed by atoms with Crippen molar-refractivity contribution in [3.05, 3.63) is 35.6 Å². The fourth-order valence-corrected chi connectivity index (χ4v) is 2.68. The van der Waals surface area contributed by atoms with Crippen molar-refractivity contribution in [1.82, 2.24) is 15.1 Å². The Kier molecular flexibility index (Phi) is 7.79. The third-order valence-electron chi connectivity index (χ3n) is 4.11. The van der Waals surface area contributed by atoms with Crippen LogP contribution in [0.1, 0.15) is 18.4 Å². The molecule has 0 bridgehead atoms. The lowest BCUT2D eigenvalue weighted by Gasteiger charge is -2.32. The highest BCUT2D eigenvalue weighted by Crippen LogP contribution is 2.12. The normalized spacial score (nSPS) is 15.5. The van der Waals surface area contributed by atoms with Crippen molar-refractivity contribution in [3.63, 3.8) is 0 Å². The topological polar surface area (TPSA) is 35.6 Å². The van der Waals surface area contributed by atoms with Crippen molar-refractivity contribution < 1.29 is 9.18 Å². The maximum atomic E-state index is 13.6. The number of hydrogen-bond acceptors (Lipinski definition) is 3. The molecule has 22 heavy (non-hydrogen) atoms. The van der Waals surface area contributed by atoms with Crippen molar-refractivity contribution in [2.45, 2.75) is 25.4 Å². The summed E-state index contributed by atoms with van der Waals surface area (Å²) in [6.07, 6.45) is 2.14. The molecule has 0 atom stereocenters. The van der Waals surface area contributed by atoms with Crippen LogP contribution >= 0.6 is 12.4 Å². The summed E-state index contributed by atoms with van der Waals surface area (Å²) in [5.74, 6) is -0.233. The summed E-state index contributed by atoms with van der Waals surface area (Å²) in [6.45, 7) is 2.71. The number of nitrogens with one attached hydrogen (secondary N) is 1. The largest absolute Gasteiger partial charge is 0.340 e. The van der Waals surface area contributed by atoms with Gasteiger partial charge in [-0.15, -0.1) is 12.4 Å². The zero-order valence-electron chi connectivity index (χ0n) is 13.2. The molecule has 0 saturated carbocycles. The molecule has 1 aromatic carbocycles. The van der Waals surface area contributed by atoms with Crippen LogP contribution in [0.2, 0.25) is 0 Å². The Balaban J connectivity index is 0.00000242. The number of rotatable bonds is 5. The molecule has 0 aromatic heterocycles. The van der Waals surface area contributed by atoms with Crippen LogP contribution in [-0.2, 0) is 11.3 Å². The molecule has 1 heterocycles. The van der Waals surface area contributed by atoms with Gasteiger partial charge in [-0.05, 0) is 39.0 Å². The Hall–Kier alpha value is -1.17. The van der Waals surface area contributed by atoms with Crippen LogP contribution in [0.25, 0.3) is 0 Å². The Labute approximate surface area is 138 Å². The molecule has 0 spiro atoms. The first-order valence-electron chi connectivity index (χ1n) is 7.46. The van der Waals surface area contributed by atoms with Crippen LogP contribution in [0, 0.1) is 5.82 Å². The Morgan fingerprint density at radius 2 is 1.91 bits per heavy atom. The van der Waals surface area contributed by atoms with E-state index in [1.807, 2.05) is 7.05 Å². The van der Waals surface area contributed by atoms with E-state index in [1.54, 1.807) is 30.1 Å². The summed E-state index contributed by atoms with van der Waals surface area (Å²) in [7, 11) is 3.72. The number of carbonyl (C=O) groups is 1. The van der Waals surface area contributed by atoms with Crippen LogP contribution < -0.4 is 5.32 Å². The number of likely N-dealkylation sites (N-methyl/N-ethyl adjacent to an activating group) is 2. The molecule has 0 unspecified atom stereocenters. The van der Waals surface area contributed by atoms with Gasteiger partial charge in [0.15, 0.2) is 0 Å². The standard InChI is InChI=1S/C16H24FN3O.ClH/c1-19(14-7-9-18-10-8-14)12-16(21)20(2)11-13-5-3-4-6-15(13)17;/h3-6,14,18H,7-12H2,1-2H3;1H. The van der Waals surface area contributed by atoms with Gasteiger partial charge in [-0.1, -0.05) is 18.2 Å². The van der Waals surface area contributed by atoms with E-state index >= 15 is 0 Å². The minimum atomic E-state index is -0.260. The Morgan fingerprint density at radius 3 is 2.55 bits per heavy atom. The van der Waals surface area contributed by atoms with E-state index in [2.05, 4.69) is 10.2 Å². The number of carbonyl (C=O) groups excluding carboxylic acids is 1. The third kappa shape index (κ3) is 5.23. The highest BCUT2D eigenvalue weighted by Gasteiger charge is 2.21. The van der Waals surface area contributed by atoms with E-state index in [-0.39, 0.29) is 24.1 Å². The summed E-state index contributed by atoms with van der Waals surface area (Å²) < 4.78 is 13.6. The number of benzene rings is 1. The Morgan fingerprint density at radius 1 is 1.27 bits per heavy atom. The lowest BCUT2D eigenvalue weighted by Crippen LogP contribution is -2.45. The van der Waals surface area contributed by atoms with Gasteiger partial charge in [0, 0.05) is 25.2 Å². The van der Waals surface area contributed by atoms with Gasteiger partial charge < -0.3 is 10.2 Å². The van der Waals surface area contributed by atoms with E-state index in [0.29, 0.717) is 24.7 Å². The van der Waals surface area contributed by atoms with Crippen molar-refractivity contribution in [3.8, 4) is 0 Å². The predicted octanol–water partition coefficient (Wildman–Crippen LogP) is 1.89. The average Bonchev–Trinajstić information content (AvgIpc) is 2.50. The van der Waals surface area contributed by atoms with Gasteiger partial charge in [0.05, 0.1) is 6.54 Å². The molecule has 4 nitrogen and oxygen atoms in total. The van der Waals surface area contributed by atoms with E-state index < -0.39 is 0 Å². The molecular weight excluding hydrogens is 305 g/mol. The van der Waals surface area contributed by atoms with Gasteiger partial charge in [0.25, 0.3) is 0 Å². The first kappa shape index (κ1) is 18.9. The molecule has 0 radical (unpaired) electrons. The van der Waals surface area contributed by atoms with E-state index in [4.69, 9.17) is 0 Å². The number of amides is 1. The summed E-state index contributed by atoms with van der Waals surface area (Å²) in [5.41, 5.74) is 0.554. The molecule has 1 aliphatic heterocycles. The van der Waals surface area contributed by atoms with Crippen molar-refractivity contribution in [2.24, 2.45) is 0 Å². The molecule has 2 rings (SSSR count). The lowest BCUT2D eigenvalue weighted by molar-refractivity contribution is -0.132. The zero-order chi connectivity index (χ0) is 15.2. The second-order valence-electron chi connectivity index (χ2n) is 5.74. The molecule has 1 aromatic rings. The second-order valence-corrected chi connectivity index (χ2v) is 5.74. The second kappa shape index (κ2) is 9.08. The first-order chi connectivity index (χ1) is 10.1. The molecule has 1 amide bonds. The molecule has 0 aliphatic carbocycles. The van der Waals surface area contributed by atoms with Crippen molar-refractivity contribution in [2.75, 3.05) is 33.7 Å².